The molecule has 0 amide bonds. The van der Waals surface area contributed by atoms with E-state index in [1.165, 1.54) is 0 Å². The molecule has 35 atom stereocenters. The molecule has 27 heteroatoms. The van der Waals surface area contributed by atoms with Gasteiger partial charge in [-0.15, -0.1) is 0 Å². The van der Waals surface area contributed by atoms with Gasteiger partial charge in [0.05, 0.1) is 75.3 Å². The highest BCUT2D eigenvalue weighted by Crippen LogP contribution is 2.76. The first-order valence-electron chi connectivity index (χ1n) is 32.8. The summed E-state index contributed by atoms with van der Waals surface area (Å²) in [6.07, 6.45) is -29.1. The molecule has 27 nitrogen and oxygen atoms in total. The quantitative estimate of drug-likeness (QED) is 0.0530. The van der Waals surface area contributed by atoms with Crippen LogP contribution in [0.4, 0.5) is 0 Å². The van der Waals surface area contributed by atoms with Crippen molar-refractivity contribution in [2.45, 2.75) is 292 Å². The monoisotopic (exact) mass is 1300 g/mol. The Hall–Kier alpha value is -1.34. The molecule has 0 aromatic carbocycles. The fourth-order valence-corrected chi connectivity index (χ4v) is 18.0. The second-order valence-electron chi connectivity index (χ2n) is 29.6. The number of ether oxygens (including phenoxy) is 10. The minimum atomic E-state index is -1.89. The topological polar surface area (TPSA) is 436 Å². The van der Waals surface area contributed by atoms with E-state index in [0.717, 1.165) is 24.8 Å². The Morgan fingerprint density at radius 2 is 1.07 bits per heavy atom. The first-order valence-corrected chi connectivity index (χ1v) is 32.8. The van der Waals surface area contributed by atoms with Crippen molar-refractivity contribution in [1.29, 1.82) is 0 Å². The average Bonchev–Trinajstić information content (AvgIpc) is 1.30. The summed E-state index contributed by atoms with van der Waals surface area (Å²) < 4.78 is 60.7. The molecule has 0 radical (unpaired) electrons. The lowest BCUT2D eigenvalue weighted by atomic mass is 9.37. The molecule has 0 spiro atoms. The normalized spacial score (nSPS) is 51.3. The molecule has 0 bridgehead atoms. The average molecular weight is 1300 g/mol. The minimum Gasteiger partial charge on any atom is -0.394 e. The highest BCUT2D eigenvalue weighted by atomic mass is 16.8. The van der Waals surface area contributed by atoms with Crippen molar-refractivity contribution in [3.63, 3.8) is 0 Å². The fraction of sp³-hybridized carbons (Fsp3) is 0.968. The summed E-state index contributed by atoms with van der Waals surface area (Å²) in [7, 11) is 0. The van der Waals surface area contributed by atoms with Gasteiger partial charge >= 0.3 is 0 Å². The number of hydrogen-bond donors (Lipinski definition) is 17. The Kier molecular flexibility index (Phi) is 22.9. The second kappa shape index (κ2) is 28.2. The van der Waals surface area contributed by atoms with E-state index in [2.05, 4.69) is 47.6 Å². The zero-order valence-corrected chi connectivity index (χ0v) is 53.6. The predicted octanol–water partition coefficient (Wildman–Crippen LogP) is -2.47. The van der Waals surface area contributed by atoms with E-state index in [1.807, 2.05) is 0 Å². The van der Waals surface area contributed by atoms with Gasteiger partial charge in [-0.1, -0.05) is 67.0 Å². The van der Waals surface area contributed by atoms with Gasteiger partial charge in [-0.05, 0) is 106 Å². The summed E-state index contributed by atoms with van der Waals surface area (Å²) in [6, 6.07) is 0. The van der Waals surface area contributed by atoms with Crippen LogP contribution in [0.2, 0.25) is 0 Å². The highest BCUT2D eigenvalue weighted by Gasteiger charge is 2.71. The summed E-state index contributed by atoms with van der Waals surface area (Å²) in [5, 5.41) is 186. The number of aliphatic hydroxyl groups excluding tert-OH is 16. The van der Waals surface area contributed by atoms with Crippen molar-refractivity contribution >= 4 is 0 Å². The molecule has 4 aliphatic carbocycles. The smallest absolute Gasteiger partial charge is 0.187 e. The van der Waals surface area contributed by atoms with Gasteiger partial charge < -0.3 is 134 Å². The summed E-state index contributed by atoms with van der Waals surface area (Å²) in [6.45, 7) is 16.6. The van der Waals surface area contributed by atoms with E-state index < -0.39 is 214 Å². The highest BCUT2D eigenvalue weighted by molar-refractivity contribution is 5.32. The third-order valence-corrected chi connectivity index (χ3v) is 23.9. The molecule has 0 aromatic rings. The van der Waals surface area contributed by atoms with Crippen molar-refractivity contribution < 1.29 is 134 Å². The molecule has 9 aliphatic rings. The number of aliphatic hydroxyl groups is 17. The number of hydrogen-bond acceptors (Lipinski definition) is 27. The van der Waals surface area contributed by atoms with Gasteiger partial charge in [0, 0.05) is 22.7 Å². The van der Waals surface area contributed by atoms with Crippen molar-refractivity contribution in [2.75, 3.05) is 33.0 Å². The van der Waals surface area contributed by atoms with Crippen LogP contribution in [0, 0.1) is 57.2 Å². The van der Waals surface area contributed by atoms with Crippen LogP contribution in [0.3, 0.4) is 0 Å². The molecular weight excluding hydrogens is 1190 g/mol. The van der Waals surface area contributed by atoms with E-state index in [-0.39, 0.29) is 47.5 Å². The van der Waals surface area contributed by atoms with E-state index in [1.54, 1.807) is 27.7 Å². The molecule has 9 rings (SSSR count). The molecule has 522 valence electrons. The Morgan fingerprint density at radius 3 is 1.67 bits per heavy atom. The van der Waals surface area contributed by atoms with Gasteiger partial charge in [-0.3, -0.25) is 0 Å². The van der Waals surface area contributed by atoms with Crippen LogP contribution in [0.5, 0.6) is 0 Å². The Morgan fingerprint density at radius 1 is 0.567 bits per heavy atom. The maximum atomic E-state index is 13.0. The second-order valence-corrected chi connectivity index (χ2v) is 29.6. The lowest BCUT2D eigenvalue weighted by Crippen LogP contribution is -2.65. The Balaban J connectivity index is 0.894. The van der Waals surface area contributed by atoms with E-state index in [4.69, 9.17) is 47.4 Å². The third kappa shape index (κ3) is 13.1. The summed E-state index contributed by atoms with van der Waals surface area (Å²) >= 11 is 0. The predicted molar refractivity (Wildman–Crippen MR) is 311 cm³/mol. The molecule has 5 heterocycles. The summed E-state index contributed by atoms with van der Waals surface area (Å²) in [5.41, 5.74) is -2.21. The zero-order chi connectivity index (χ0) is 66.2. The molecule has 0 unspecified atom stereocenters. The molecule has 5 aliphatic heterocycles. The molecule has 0 aromatic heterocycles. The molecule has 5 saturated heterocycles. The molecule has 8 fully saturated rings. The lowest BCUT2D eigenvalue weighted by Gasteiger charge is -2.68. The SMILES string of the molecule is CC[C@@]12CC[C@H]([C@H](C)CC[C@@H](O[C@@H]3O[C@H](CO[C@@H]4O[C@H](CO)[C@@H](O)[C@H](O)[C@H]4O)[C@@H](O)[C@H](O)[C@H]3O[C@@H]3O[C@H](CO)[C@@H](C)[C@H](O)[C@H]3O)C(C)(C)O)[C@@]1(C)C[C@@H](O)[C@@]1(C)[C@@H]3CC[C@H](O[C@@H]4O[C@H](CO[C@@H]5O[C@@H](CO)[C@@H](O)[C@H](O)[C@H]5C)[C@@H](O)[C@H](O)[C@H]4O)C(C)(C)C3=CC[C@H]12. The largest absolute Gasteiger partial charge is 0.394 e. The Bertz CT molecular complexity index is 2360. The molecule has 3 saturated carbocycles. The summed E-state index contributed by atoms with van der Waals surface area (Å²) in [5.74, 6) is -1.32. The first-order chi connectivity index (χ1) is 42.2. The van der Waals surface area contributed by atoms with E-state index >= 15 is 0 Å². The van der Waals surface area contributed by atoms with Crippen LogP contribution < -0.4 is 0 Å². The van der Waals surface area contributed by atoms with Crippen LogP contribution >= 0.6 is 0 Å². The Labute approximate surface area is 526 Å². The third-order valence-electron chi connectivity index (χ3n) is 23.9. The standard InChI is InChI=1S/C63H108O27/c1-11-63-19-18-29(26(2)12-16-40(60(7,8)80)89-58-53(90-57-50(77)41(68)27(3)32(21-64)83-57)49(76)46(73)36(87-58)25-82-55-51(78)47(74)44(71)34(23-66)85-55)61(63,9)20-38(67)62(10)31-14-17-39(59(5,6)30(31)13-15-37(62)63)88-56-52(79)48(75)45(72)35(86-56)24-81-54-28(4)42(69)43(70)33(22-65)84-54/h13,26-29,31-58,64-80H,11-12,14-25H2,1-10H3/t26-,27-,28-,29-,31-,32-,33+,34-,35-,36-,37-,38-,39+,40-,41+,42-,43-,44-,45-,46-,47+,48+,49+,50-,51-,52-,53-,54-,55-,56+,57+,58+,61-,62+,63+/m1/s1. The maximum Gasteiger partial charge on any atom is 0.187 e. The molecule has 17 N–H and O–H groups in total. The zero-order valence-electron chi connectivity index (χ0n) is 53.6. The lowest BCUT2D eigenvalue weighted by molar-refractivity contribution is -0.378. The van der Waals surface area contributed by atoms with E-state index in [9.17, 15) is 86.8 Å². The first kappa shape index (κ1) is 72.9. The minimum absolute atomic E-state index is 0.00131. The van der Waals surface area contributed by atoms with Gasteiger partial charge in [-0.2, -0.15) is 0 Å². The van der Waals surface area contributed by atoms with Gasteiger partial charge in [0.25, 0.3) is 0 Å². The maximum absolute atomic E-state index is 13.0. The van der Waals surface area contributed by atoms with Gasteiger partial charge in [0.2, 0.25) is 0 Å². The fourth-order valence-electron chi connectivity index (χ4n) is 18.0. The van der Waals surface area contributed by atoms with Gasteiger partial charge in [0.15, 0.2) is 31.5 Å². The van der Waals surface area contributed by atoms with Gasteiger partial charge in [0.1, 0.15) is 91.6 Å². The van der Waals surface area contributed by atoms with Crippen LogP contribution in [0.25, 0.3) is 0 Å². The van der Waals surface area contributed by atoms with Crippen molar-refractivity contribution in [2.24, 2.45) is 57.2 Å². The molecular formula is C63H108O27. The van der Waals surface area contributed by atoms with Crippen molar-refractivity contribution in [3.05, 3.63) is 11.6 Å². The summed E-state index contributed by atoms with van der Waals surface area (Å²) in [4.78, 5) is 0. The van der Waals surface area contributed by atoms with Crippen molar-refractivity contribution in [1.82, 2.24) is 0 Å². The van der Waals surface area contributed by atoms with Crippen LogP contribution in [-0.4, -0.2) is 285 Å². The van der Waals surface area contributed by atoms with E-state index in [0.29, 0.717) is 32.1 Å². The van der Waals surface area contributed by atoms with Crippen LogP contribution in [-0.2, 0) is 47.4 Å². The number of rotatable bonds is 21. The molecule has 90 heavy (non-hydrogen) atoms. The van der Waals surface area contributed by atoms with Gasteiger partial charge in [-0.25, -0.2) is 0 Å². The number of fused-ring (bicyclic) bond motifs is 5. The van der Waals surface area contributed by atoms with Crippen LogP contribution in [0.1, 0.15) is 127 Å². The van der Waals surface area contributed by atoms with Crippen LogP contribution in [0.15, 0.2) is 11.6 Å². The number of allylic oxidation sites excluding steroid dienone is 1. The van der Waals surface area contributed by atoms with Crippen molar-refractivity contribution in [3.8, 4) is 0 Å².